The summed E-state index contributed by atoms with van der Waals surface area (Å²) in [6.45, 7) is 0. The number of benzene rings is 1. The van der Waals surface area contributed by atoms with Crippen molar-refractivity contribution in [3.05, 3.63) is 33.3 Å². The third-order valence-electron chi connectivity index (χ3n) is 3.85. The summed E-state index contributed by atoms with van der Waals surface area (Å²) >= 11 is 5.98. The van der Waals surface area contributed by atoms with Gasteiger partial charge in [-0.25, -0.2) is 0 Å². The van der Waals surface area contributed by atoms with E-state index >= 15 is 0 Å². The lowest BCUT2D eigenvalue weighted by atomic mass is 9.97. The maximum Gasteiger partial charge on any atom is 0.312 e. The van der Waals surface area contributed by atoms with Crippen molar-refractivity contribution in [2.45, 2.75) is 30.9 Å². The molecular weight excluding hydrogens is 298 g/mol. The number of hydrogen-bond acceptors (Lipinski definition) is 5. The Morgan fingerprint density at radius 1 is 1.62 bits per heavy atom. The molecule has 0 saturated heterocycles. The number of nitrogens with two attached hydrogens (primary N) is 1. The van der Waals surface area contributed by atoms with Gasteiger partial charge in [-0.3, -0.25) is 14.9 Å². The van der Waals surface area contributed by atoms with Gasteiger partial charge in [0.15, 0.2) is 0 Å². The predicted octanol–water partition coefficient (Wildman–Crippen LogP) is 1.62. The predicted molar refractivity (Wildman–Crippen MR) is 77.4 cm³/mol. The average molecular weight is 314 g/mol. The summed E-state index contributed by atoms with van der Waals surface area (Å²) in [5.74, 6) is -0.421. The van der Waals surface area contributed by atoms with E-state index < -0.39 is 16.4 Å². The van der Waals surface area contributed by atoms with Gasteiger partial charge in [0.1, 0.15) is 11.6 Å². The number of para-hydroxylation sites is 1. The van der Waals surface area contributed by atoms with Crippen molar-refractivity contribution in [3.8, 4) is 5.75 Å². The molecule has 8 heteroatoms. The molecule has 3 N–H and O–H groups in total. The first kappa shape index (κ1) is 15.5. The lowest BCUT2D eigenvalue weighted by molar-refractivity contribution is -0.386. The summed E-state index contributed by atoms with van der Waals surface area (Å²) in [6, 6.07) is 4.34. The van der Waals surface area contributed by atoms with Crippen LogP contribution in [0.15, 0.2) is 18.2 Å². The molecule has 0 aliphatic heterocycles. The fraction of sp³-hybridized carbons (Fsp3) is 0.462. The van der Waals surface area contributed by atoms with E-state index in [0.717, 1.165) is 0 Å². The van der Waals surface area contributed by atoms with E-state index in [0.29, 0.717) is 19.3 Å². The number of rotatable bonds is 5. The highest BCUT2D eigenvalue weighted by Gasteiger charge is 2.44. The smallest absolute Gasteiger partial charge is 0.312 e. The normalized spacial score (nSPS) is 24.8. The van der Waals surface area contributed by atoms with Crippen molar-refractivity contribution < 1.29 is 14.5 Å². The van der Waals surface area contributed by atoms with Crippen LogP contribution < -0.4 is 15.8 Å². The van der Waals surface area contributed by atoms with Crippen LogP contribution in [0.4, 0.5) is 5.69 Å². The minimum Gasteiger partial charge on any atom is -0.482 e. The number of amides is 1. The van der Waals surface area contributed by atoms with Crippen LogP contribution in [0.3, 0.4) is 0 Å². The second-order valence-corrected chi connectivity index (χ2v) is 5.43. The molecule has 7 nitrogen and oxygen atoms in total. The molecule has 114 valence electrons. The number of nitrogens with zero attached hydrogens (tertiary/aromatic N) is 1. The Bertz CT molecular complexity index is 581. The van der Waals surface area contributed by atoms with E-state index in [1.165, 1.54) is 18.2 Å². The Morgan fingerprint density at radius 2 is 2.33 bits per heavy atom. The lowest BCUT2D eigenvalue weighted by Crippen LogP contribution is -2.52. The number of nitro benzene ring substituents is 1. The minimum absolute atomic E-state index is 0.0329. The molecule has 0 bridgehead atoms. The minimum atomic E-state index is -0.833. The number of likely N-dealkylation sites (N-methyl/N-ethyl adjacent to an activating group) is 1. The van der Waals surface area contributed by atoms with Crippen LogP contribution in [0, 0.1) is 10.1 Å². The van der Waals surface area contributed by atoms with Gasteiger partial charge in [-0.2, -0.15) is 0 Å². The quantitative estimate of drug-likeness (QED) is 0.634. The zero-order chi connectivity index (χ0) is 15.6. The first-order valence-corrected chi connectivity index (χ1v) is 6.86. The summed E-state index contributed by atoms with van der Waals surface area (Å²) in [5.41, 5.74) is 4.39. The third-order valence-corrected chi connectivity index (χ3v) is 4.14. The Balaban J connectivity index is 2.21. The molecule has 1 aromatic rings. The molecule has 0 heterocycles. The summed E-state index contributed by atoms with van der Waals surface area (Å²) < 4.78 is 5.68. The van der Waals surface area contributed by atoms with Crippen molar-refractivity contribution in [1.82, 2.24) is 5.32 Å². The first-order chi connectivity index (χ1) is 9.89. The highest BCUT2D eigenvalue weighted by molar-refractivity contribution is 6.32. The molecule has 1 saturated carbocycles. The Labute approximate surface area is 126 Å². The summed E-state index contributed by atoms with van der Waals surface area (Å²) in [7, 11) is 1.66. The number of nitrogens with one attached hydrogen (secondary N) is 1. The molecule has 2 unspecified atom stereocenters. The molecular formula is C13H16ClN3O4. The van der Waals surface area contributed by atoms with Crippen LogP contribution in [0.1, 0.15) is 19.3 Å². The van der Waals surface area contributed by atoms with Crippen LogP contribution in [0.5, 0.6) is 5.75 Å². The van der Waals surface area contributed by atoms with Crippen molar-refractivity contribution in [2.75, 3.05) is 7.05 Å². The molecule has 0 aromatic heterocycles. The van der Waals surface area contributed by atoms with Gasteiger partial charge in [0.05, 0.1) is 9.95 Å². The van der Waals surface area contributed by atoms with Gasteiger partial charge in [0.25, 0.3) is 0 Å². The van der Waals surface area contributed by atoms with E-state index in [-0.39, 0.29) is 22.6 Å². The topological polar surface area (TPSA) is 107 Å². The Kier molecular flexibility index (Phi) is 4.34. The number of halogens is 1. The van der Waals surface area contributed by atoms with Gasteiger partial charge in [0.2, 0.25) is 11.7 Å². The van der Waals surface area contributed by atoms with Gasteiger partial charge in [-0.1, -0.05) is 17.7 Å². The number of hydrogen-bond donors (Lipinski definition) is 2. The van der Waals surface area contributed by atoms with E-state index in [1.807, 2.05) is 0 Å². The van der Waals surface area contributed by atoms with Gasteiger partial charge in [-0.15, -0.1) is 0 Å². The van der Waals surface area contributed by atoms with Crippen LogP contribution >= 0.6 is 11.6 Å². The molecule has 0 radical (unpaired) electrons. The van der Waals surface area contributed by atoms with Crippen LogP contribution in [0.2, 0.25) is 5.02 Å². The van der Waals surface area contributed by atoms with Crippen LogP contribution in [0.25, 0.3) is 0 Å². The highest BCUT2D eigenvalue weighted by Crippen LogP contribution is 2.39. The zero-order valence-corrected chi connectivity index (χ0v) is 12.2. The molecule has 1 aliphatic carbocycles. The Morgan fingerprint density at radius 3 is 2.86 bits per heavy atom. The number of carbonyl (C=O) groups is 1. The average Bonchev–Trinajstić information content (AvgIpc) is 2.85. The molecule has 1 aromatic carbocycles. The molecule has 1 aliphatic rings. The van der Waals surface area contributed by atoms with Crippen LogP contribution in [-0.4, -0.2) is 29.5 Å². The number of carbonyl (C=O) groups excluding carboxylic acids is 1. The molecule has 1 amide bonds. The van der Waals surface area contributed by atoms with E-state index in [1.54, 1.807) is 7.05 Å². The maximum absolute atomic E-state index is 11.6. The molecule has 2 atom stereocenters. The molecule has 2 rings (SSSR count). The Hall–Kier alpha value is -1.86. The van der Waals surface area contributed by atoms with Gasteiger partial charge < -0.3 is 15.8 Å². The molecule has 21 heavy (non-hydrogen) atoms. The van der Waals surface area contributed by atoms with Crippen LogP contribution in [-0.2, 0) is 4.79 Å². The second kappa shape index (κ2) is 5.87. The zero-order valence-electron chi connectivity index (χ0n) is 11.5. The van der Waals surface area contributed by atoms with Gasteiger partial charge in [-0.05, 0) is 26.0 Å². The standard InChI is InChI=1S/C13H16ClN3O4/c1-16-13(12(15)18)6-5-8(7-13)21-11-9(14)3-2-4-10(11)17(19)20/h2-4,8,16H,5-7H2,1H3,(H2,15,18). The number of ether oxygens (including phenoxy) is 1. The third kappa shape index (κ3) is 2.93. The van der Waals surface area contributed by atoms with Crippen molar-refractivity contribution >= 4 is 23.2 Å². The lowest BCUT2D eigenvalue weighted by Gasteiger charge is -2.24. The number of nitro groups is 1. The van der Waals surface area contributed by atoms with E-state index in [4.69, 9.17) is 22.1 Å². The van der Waals surface area contributed by atoms with Crippen molar-refractivity contribution in [3.63, 3.8) is 0 Å². The molecule has 1 fully saturated rings. The fourth-order valence-electron chi connectivity index (χ4n) is 2.60. The van der Waals surface area contributed by atoms with E-state index in [9.17, 15) is 14.9 Å². The maximum atomic E-state index is 11.6. The second-order valence-electron chi connectivity index (χ2n) is 5.02. The highest BCUT2D eigenvalue weighted by atomic mass is 35.5. The summed E-state index contributed by atoms with van der Waals surface area (Å²) in [5, 5.41) is 14.1. The SMILES string of the molecule is CNC1(C(N)=O)CCC(Oc2c(Cl)cccc2[N+](=O)[O-])C1. The molecule has 0 spiro atoms. The van der Waals surface area contributed by atoms with Gasteiger partial charge in [0, 0.05) is 12.5 Å². The first-order valence-electron chi connectivity index (χ1n) is 6.48. The monoisotopic (exact) mass is 313 g/mol. The summed E-state index contributed by atoms with van der Waals surface area (Å²) in [4.78, 5) is 22.0. The largest absolute Gasteiger partial charge is 0.482 e. The number of primary amides is 1. The van der Waals surface area contributed by atoms with Crippen molar-refractivity contribution in [1.29, 1.82) is 0 Å². The van der Waals surface area contributed by atoms with Gasteiger partial charge >= 0.3 is 5.69 Å². The fourth-order valence-corrected chi connectivity index (χ4v) is 2.81. The van der Waals surface area contributed by atoms with Crippen molar-refractivity contribution in [2.24, 2.45) is 5.73 Å². The van der Waals surface area contributed by atoms with E-state index in [2.05, 4.69) is 5.32 Å². The summed E-state index contributed by atoms with van der Waals surface area (Å²) in [6.07, 6.45) is 1.07.